The molecule has 13 heavy (non-hydrogen) atoms. The SMILES string of the molecule is CCCC(Br)CCc1occc1Br. The molecule has 0 aromatic carbocycles. The van der Waals surface area contributed by atoms with Crippen molar-refractivity contribution in [3.8, 4) is 0 Å². The van der Waals surface area contributed by atoms with Crippen LogP contribution < -0.4 is 0 Å². The minimum Gasteiger partial charge on any atom is -0.468 e. The van der Waals surface area contributed by atoms with E-state index in [0.717, 1.165) is 23.1 Å². The monoisotopic (exact) mass is 308 g/mol. The smallest absolute Gasteiger partial charge is 0.117 e. The second-order valence-electron chi connectivity index (χ2n) is 3.12. The van der Waals surface area contributed by atoms with E-state index < -0.39 is 0 Å². The van der Waals surface area contributed by atoms with Crippen LogP contribution in [-0.4, -0.2) is 4.83 Å². The molecule has 1 unspecified atom stereocenters. The van der Waals surface area contributed by atoms with E-state index in [1.807, 2.05) is 6.07 Å². The highest BCUT2D eigenvalue weighted by Gasteiger charge is 2.07. The van der Waals surface area contributed by atoms with Gasteiger partial charge in [0.1, 0.15) is 5.76 Å². The summed E-state index contributed by atoms with van der Waals surface area (Å²) in [6.45, 7) is 2.21. The van der Waals surface area contributed by atoms with Gasteiger partial charge < -0.3 is 4.42 Å². The summed E-state index contributed by atoms with van der Waals surface area (Å²) in [5.74, 6) is 1.06. The van der Waals surface area contributed by atoms with Gasteiger partial charge >= 0.3 is 0 Å². The summed E-state index contributed by atoms with van der Waals surface area (Å²) in [6.07, 6.45) is 6.33. The Morgan fingerprint density at radius 3 is 2.77 bits per heavy atom. The largest absolute Gasteiger partial charge is 0.468 e. The fraction of sp³-hybridized carbons (Fsp3) is 0.600. The zero-order valence-electron chi connectivity index (χ0n) is 7.72. The van der Waals surface area contributed by atoms with Gasteiger partial charge in [0.25, 0.3) is 0 Å². The minimum absolute atomic E-state index is 0.620. The summed E-state index contributed by atoms with van der Waals surface area (Å²) >= 11 is 7.10. The third kappa shape index (κ3) is 3.86. The molecule has 0 fully saturated rings. The van der Waals surface area contributed by atoms with Crippen LogP contribution in [0.15, 0.2) is 21.2 Å². The molecule has 1 aromatic rings. The molecule has 0 aliphatic carbocycles. The average molecular weight is 310 g/mol. The first-order chi connectivity index (χ1) is 6.24. The average Bonchev–Trinajstić information content (AvgIpc) is 2.48. The summed E-state index contributed by atoms with van der Waals surface area (Å²) in [5.41, 5.74) is 0. The molecule has 0 N–H and O–H groups in total. The van der Waals surface area contributed by atoms with Crippen molar-refractivity contribution in [3.63, 3.8) is 0 Å². The van der Waals surface area contributed by atoms with Gasteiger partial charge in [-0.3, -0.25) is 0 Å². The molecule has 0 aliphatic rings. The normalized spacial score (nSPS) is 13.2. The van der Waals surface area contributed by atoms with Crippen molar-refractivity contribution in [2.45, 2.75) is 37.4 Å². The Morgan fingerprint density at radius 2 is 2.23 bits per heavy atom. The maximum atomic E-state index is 5.33. The molecule has 1 rings (SSSR count). The summed E-state index contributed by atoms with van der Waals surface area (Å²) in [4.78, 5) is 0.620. The van der Waals surface area contributed by atoms with Crippen LogP contribution in [0.4, 0.5) is 0 Å². The molecule has 3 heteroatoms. The van der Waals surface area contributed by atoms with Gasteiger partial charge in [0.2, 0.25) is 0 Å². The van der Waals surface area contributed by atoms with E-state index in [1.54, 1.807) is 6.26 Å². The lowest BCUT2D eigenvalue weighted by molar-refractivity contribution is 0.495. The highest BCUT2D eigenvalue weighted by molar-refractivity contribution is 9.10. The van der Waals surface area contributed by atoms with E-state index in [9.17, 15) is 0 Å². The van der Waals surface area contributed by atoms with Gasteiger partial charge in [-0.05, 0) is 34.8 Å². The van der Waals surface area contributed by atoms with Crippen LogP contribution >= 0.6 is 31.9 Å². The van der Waals surface area contributed by atoms with Crippen LogP contribution in [0.5, 0.6) is 0 Å². The van der Waals surface area contributed by atoms with Crippen LogP contribution in [0.25, 0.3) is 0 Å². The number of rotatable bonds is 5. The van der Waals surface area contributed by atoms with Crippen LogP contribution in [0.3, 0.4) is 0 Å². The lowest BCUT2D eigenvalue weighted by atomic mass is 10.1. The first-order valence-corrected chi connectivity index (χ1v) is 6.30. The van der Waals surface area contributed by atoms with Gasteiger partial charge in [0, 0.05) is 11.2 Å². The molecule has 1 heterocycles. The second kappa shape index (κ2) is 5.86. The topological polar surface area (TPSA) is 13.1 Å². The van der Waals surface area contributed by atoms with Gasteiger partial charge in [0.05, 0.1) is 10.7 Å². The van der Waals surface area contributed by atoms with Gasteiger partial charge in [-0.25, -0.2) is 0 Å². The molecule has 1 aromatic heterocycles. The van der Waals surface area contributed by atoms with Crippen LogP contribution in [0, 0.1) is 0 Å². The first-order valence-electron chi connectivity index (χ1n) is 4.60. The molecule has 0 bridgehead atoms. The second-order valence-corrected chi connectivity index (χ2v) is 5.27. The van der Waals surface area contributed by atoms with Gasteiger partial charge in [-0.15, -0.1) is 0 Å². The Bertz CT molecular complexity index is 245. The van der Waals surface area contributed by atoms with E-state index in [4.69, 9.17) is 4.42 Å². The van der Waals surface area contributed by atoms with E-state index in [2.05, 4.69) is 38.8 Å². The maximum Gasteiger partial charge on any atom is 0.117 e. The van der Waals surface area contributed by atoms with Gasteiger partial charge in [-0.1, -0.05) is 29.3 Å². The molecule has 1 nitrogen and oxygen atoms in total. The van der Waals surface area contributed by atoms with Crippen molar-refractivity contribution in [2.75, 3.05) is 0 Å². The quantitative estimate of drug-likeness (QED) is 0.728. The standard InChI is InChI=1S/C10H14Br2O/c1-2-3-8(11)4-5-10-9(12)6-7-13-10/h6-8H,2-5H2,1H3. The van der Waals surface area contributed by atoms with E-state index in [-0.39, 0.29) is 0 Å². The molecule has 0 spiro atoms. The van der Waals surface area contributed by atoms with Crippen molar-refractivity contribution < 1.29 is 4.42 Å². The number of furan rings is 1. The van der Waals surface area contributed by atoms with E-state index in [0.29, 0.717) is 4.83 Å². The highest BCUT2D eigenvalue weighted by atomic mass is 79.9. The molecule has 0 radical (unpaired) electrons. The van der Waals surface area contributed by atoms with Crippen molar-refractivity contribution in [1.29, 1.82) is 0 Å². The van der Waals surface area contributed by atoms with Crippen LogP contribution in [0.1, 0.15) is 31.9 Å². The van der Waals surface area contributed by atoms with Crippen LogP contribution in [-0.2, 0) is 6.42 Å². The van der Waals surface area contributed by atoms with Crippen molar-refractivity contribution in [2.24, 2.45) is 0 Å². The molecular weight excluding hydrogens is 296 g/mol. The molecular formula is C10H14Br2O. The van der Waals surface area contributed by atoms with Crippen molar-refractivity contribution in [3.05, 3.63) is 22.6 Å². The number of alkyl halides is 1. The van der Waals surface area contributed by atoms with Crippen LogP contribution in [0.2, 0.25) is 0 Å². The summed E-state index contributed by atoms with van der Waals surface area (Å²) in [6, 6.07) is 1.94. The molecule has 0 saturated carbocycles. The number of halogens is 2. The zero-order chi connectivity index (χ0) is 9.68. The Kier molecular flexibility index (Phi) is 5.10. The van der Waals surface area contributed by atoms with Gasteiger partial charge in [-0.2, -0.15) is 0 Å². The Morgan fingerprint density at radius 1 is 1.46 bits per heavy atom. The summed E-state index contributed by atoms with van der Waals surface area (Å²) < 4.78 is 6.41. The summed E-state index contributed by atoms with van der Waals surface area (Å²) in [7, 11) is 0. The number of aryl methyl sites for hydroxylation is 1. The highest BCUT2D eigenvalue weighted by Crippen LogP contribution is 2.22. The molecule has 1 atom stereocenters. The van der Waals surface area contributed by atoms with E-state index >= 15 is 0 Å². The van der Waals surface area contributed by atoms with E-state index in [1.165, 1.54) is 12.8 Å². The zero-order valence-corrected chi connectivity index (χ0v) is 10.9. The number of hydrogen-bond donors (Lipinski definition) is 0. The molecule has 0 aliphatic heterocycles. The number of hydrogen-bond acceptors (Lipinski definition) is 1. The molecule has 0 saturated heterocycles. The Balaban J connectivity index is 2.30. The Labute approximate surface area is 96.2 Å². The Hall–Kier alpha value is 0.240. The molecule has 74 valence electrons. The predicted octanol–water partition coefficient (Wildman–Crippen LogP) is 4.54. The molecule has 0 amide bonds. The predicted molar refractivity (Wildman–Crippen MR) is 62.4 cm³/mol. The maximum absolute atomic E-state index is 5.33. The van der Waals surface area contributed by atoms with Crippen molar-refractivity contribution in [1.82, 2.24) is 0 Å². The van der Waals surface area contributed by atoms with Crippen molar-refractivity contribution >= 4 is 31.9 Å². The lowest BCUT2D eigenvalue weighted by Gasteiger charge is -2.06. The first kappa shape index (κ1) is 11.3. The minimum atomic E-state index is 0.620. The lowest BCUT2D eigenvalue weighted by Crippen LogP contribution is -1.98. The fourth-order valence-corrected chi connectivity index (χ4v) is 2.34. The third-order valence-electron chi connectivity index (χ3n) is 1.98. The van der Waals surface area contributed by atoms with Gasteiger partial charge in [0.15, 0.2) is 0 Å². The fourth-order valence-electron chi connectivity index (χ4n) is 1.25. The third-order valence-corrected chi connectivity index (χ3v) is 3.60. The summed E-state index contributed by atoms with van der Waals surface area (Å²) in [5, 5.41) is 0.